The minimum atomic E-state index is -0.175. The molecule has 4 heteroatoms. The molecule has 2 fully saturated rings. The van der Waals surface area contributed by atoms with Gasteiger partial charge in [0.25, 0.3) is 0 Å². The predicted molar refractivity (Wildman–Crippen MR) is 76.0 cm³/mol. The Morgan fingerprint density at radius 2 is 2.15 bits per heavy atom. The Labute approximate surface area is 119 Å². The van der Waals surface area contributed by atoms with Crippen molar-refractivity contribution < 1.29 is 14.6 Å². The summed E-state index contributed by atoms with van der Waals surface area (Å²) in [6.07, 6.45) is 1.83. The monoisotopic (exact) mass is 275 g/mol. The molecule has 1 N–H and O–H groups in total. The van der Waals surface area contributed by atoms with Gasteiger partial charge in [0.1, 0.15) is 5.75 Å². The second-order valence-corrected chi connectivity index (χ2v) is 5.89. The number of hydrogen-bond acceptors (Lipinski definition) is 4. The number of para-hydroxylation sites is 1. The summed E-state index contributed by atoms with van der Waals surface area (Å²) in [6, 6.07) is 7.35. The van der Waals surface area contributed by atoms with Crippen LogP contribution in [0.25, 0.3) is 0 Å². The van der Waals surface area contributed by atoms with Crippen molar-refractivity contribution in [2.24, 2.45) is 11.8 Å². The topological polar surface area (TPSA) is 49.8 Å². The van der Waals surface area contributed by atoms with Gasteiger partial charge >= 0.3 is 0 Å². The van der Waals surface area contributed by atoms with Gasteiger partial charge in [-0.3, -0.25) is 9.69 Å². The van der Waals surface area contributed by atoms with Gasteiger partial charge in [0.2, 0.25) is 0 Å². The van der Waals surface area contributed by atoms with Crippen LogP contribution in [0.3, 0.4) is 0 Å². The summed E-state index contributed by atoms with van der Waals surface area (Å²) >= 11 is 0. The minimum absolute atomic E-state index is 0.0944. The molecule has 3 atom stereocenters. The summed E-state index contributed by atoms with van der Waals surface area (Å²) < 4.78 is 5.24. The Morgan fingerprint density at radius 1 is 1.35 bits per heavy atom. The molecule has 1 aliphatic heterocycles. The molecule has 0 spiro atoms. The fourth-order valence-electron chi connectivity index (χ4n) is 3.62. The molecule has 0 bridgehead atoms. The molecule has 4 nitrogen and oxygen atoms in total. The van der Waals surface area contributed by atoms with Crippen molar-refractivity contribution in [3.63, 3.8) is 0 Å². The van der Waals surface area contributed by atoms with Gasteiger partial charge in [-0.1, -0.05) is 12.1 Å². The van der Waals surface area contributed by atoms with Gasteiger partial charge in [-0.2, -0.15) is 0 Å². The molecule has 0 aromatic heterocycles. The number of fused-ring (bicyclic) bond motifs is 1. The molecule has 0 amide bonds. The van der Waals surface area contributed by atoms with Gasteiger partial charge in [-0.05, 0) is 30.9 Å². The zero-order valence-electron chi connectivity index (χ0n) is 11.8. The number of benzene rings is 1. The number of aliphatic hydroxyl groups excluding tert-OH is 1. The molecule has 3 rings (SSSR count). The molecule has 20 heavy (non-hydrogen) atoms. The highest BCUT2D eigenvalue weighted by Gasteiger charge is 2.42. The number of likely N-dealkylation sites (tertiary alicyclic amines) is 1. The first kappa shape index (κ1) is 13.6. The molecule has 1 aromatic rings. The van der Waals surface area contributed by atoms with Crippen LogP contribution in [-0.2, 0) is 0 Å². The van der Waals surface area contributed by atoms with Gasteiger partial charge in [0.05, 0.1) is 25.3 Å². The maximum Gasteiger partial charge on any atom is 0.180 e. The van der Waals surface area contributed by atoms with Crippen molar-refractivity contribution in [2.75, 3.05) is 26.7 Å². The van der Waals surface area contributed by atoms with E-state index < -0.39 is 0 Å². The van der Waals surface area contributed by atoms with Gasteiger partial charge in [-0.15, -0.1) is 0 Å². The lowest BCUT2D eigenvalue weighted by Crippen LogP contribution is -2.30. The molecule has 108 valence electrons. The van der Waals surface area contributed by atoms with Gasteiger partial charge < -0.3 is 9.84 Å². The lowest BCUT2D eigenvalue weighted by molar-refractivity contribution is 0.0917. The molecule has 0 radical (unpaired) electrons. The lowest BCUT2D eigenvalue weighted by Gasteiger charge is -2.17. The molecule has 1 saturated heterocycles. The number of Topliss-reactive ketones (excluding diaryl/α,β-unsaturated/α-hetero) is 1. The van der Waals surface area contributed by atoms with Crippen molar-refractivity contribution in [1.29, 1.82) is 0 Å². The summed E-state index contributed by atoms with van der Waals surface area (Å²) in [4.78, 5) is 14.6. The van der Waals surface area contributed by atoms with Crippen LogP contribution in [-0.4, -0.2) is 48.6 Å². The predicted octanol–water partition coefficient (Wildman–Crippen LogP) is 1.58. The third-order valence-electron chi connectivity index (χ3n) is 4.67. The van der Waals surface area contributed by atoms with E-state index in [2.05, 4.69) is 4.90 Å². The summed E-state index contributed by atoms with van der Waals surface area (Å²) in [7, 11) is 1.59. The molecule has 3 unspecified atom stereocenters. The largest absolute Gasteiger partial charge is 0.496 e. The summed E-state index contributed by atoms with van der Waals surface area (Å²) in [6.45, 7) is 2.19. The Morgan fingerprint density at radius 3 is 2.90 bits per heavy atom. The van der Waals surface area contributed by atoms with E-state index in [1.54, 1.807) is 7.11 Å². The average molecular weight is 275 g/mol. The highest BCUT2D eigenvalue weighted by atomic mass is 16.5. The zero-order valence-corrected chi connectivity index (χ0v) is 11.8. The fourth-order valence-corrected chi connectivity index (χ4v) is 3.62. The van der Waals surface area contributed by atoms with E-state index in [1.807, 2.05) is 24.3 Å². The maximum absolute atomic E-state index is 12.4. The highest BCUT2D eigenvalue weighted by molar-refractivity contribution is 6.00. The van der Waals surface area contributed by atoms with E-state index in [0.29, 0.717) is 29.7 Å². The van der Waals surface area contributed by atoms with Crippen LogP contribution in [0.1, 0.15) is 23.2 Å². The number of methoxy groups -OCH3 is 1. The van der Waals surface area contributed by atoms with Crippen molar-refractivity contribution in [1.82, 2.24) is 4.90 Å². The number of nitrogens with zero attached hydrogens (tertiary/aromatic N) is 1. The third kappa shape index (κ3) is 2.45. The Balaban J connectivity index is 1.65. The average Bonchev–Trinajstić information content (AvgIpc) is 3.01. The summed E-state index contributed by atoms with van der Waals surface area (Å²) in [5, 5.41) is 9.92. The number of rotatable bonds is 4. The van der Waals surface area contributed by atoms with E-state index in [-0.39, 0.29) is 11.9 Å². The normalized spacial score (nSPS) is 29.4. The molecule has 1 aliphatic carbocycles. The molecule has 1 aromatic carbocycles. The SMILES string of the molecule is COc1ccccc1C(=O)CN1CC2CCC(O)C2C1. The quantitative estimate of drug-likeness (QED) is 0.848. The van der Waals surface area contributed by atoms with Crippen LogP contribution < -0.4 is 4.74 Å². The second kappa shape index (κ2) is 5.54. The second-order valence-electron chi connectivity index (χ2n) is 5.89. The first-order chi connectivity index (χ1) is 9.69. The van der Waals surface area contributed by atoms with Crippen molar-refractivity contribution >= 4 is 5.78 Å². The van der Waals surface area contributed by atoms with Crippen LogP contribution >= 0.6 is 0 Å². The highest BCUT2D eigenvalue weighted by Crippen LogP contribution is 2.38. The number of ether oxygens (including phenoxy) is 1. The van der Waals surface area contributed by atoms with Crippen LogP contribution in [0, 0.1) is 11.8 Å². The molecule has 2 aliphatic rings. The first-order valence-electron chi connectivity index (χ1n) is 7.25. The number of carbonyl (C=O) groups is 1. The molecule has 1 saturated carbocycles. The van der Waals surface area contributed by atoms with Crippen LogP contribution in [0.5, 0.6) is 5.75 Å². The Kier molecular flexibility index (Phi) is 3.76. The van der Waals surface area contributed by atoms with Gasteiger partial charge in [0.15, 0.2) is 5.78 Å². The minimum Gasteiger partial charge on any atom is -0.496 e. The van der Waals surface area contributed by atoms with E-state index in [4.69, 9.17) is 4.74 Å². The van der Waals surface area contributed by atoms with Gasteiger partial charge in [-0.25, -0.2) is 0 Å². The molecular formula is C16H21NO3. The Hall–Kier alpha value is -1.39. The number of carbonyl (C=O) groups excluding carboxylic acids is 1. The fraction of sp³-hybridized carbons (Fsp3) is 0.562. The first-order valence-corrected chi connectivity index (χ1v) is 7.25. The lowest BCUT2D eigenvalue weighted by atomic mass is 10.00. The van der Waals surface area contributed by atoms with Crippen molar-refractivity contribution in [2.45, 2.75) is 18.9 Å². The van der Waals surface area contributed by atoms with Crippen LogP contribution in [0.2, 0.25) is 0 Å². The molecular weight excluding hydrogens is 254 g/mol. The van der Waals surface area contributed by atoms with E-state index in [1.165, 1.54) is 0 Å². The van der Waals surface area contributed by atoms with Crippen molar-refractivity contribution in [3.05, 3.63) is 29.8 Å². The van der Waals surface area contributed by atoms with Crippen LogP contribution in [0.4, 0.5) is 0 Å². The Bertz CT molecular complexity index is 502. The summed E-state index contributed by atoms with van der Waals surface area (Å²) in [5.74, 6) is 1.66. The number of aliphatic hydroxyl groups is 1. The maximum atomic E-state index is 12.4. The standard InChI is InChI=1S/C16H21NO3/c1-20-16-5-3-2-4-12(16)15(19)10-17-8-11-6-7-14(18)13(11)9-17/h2-5,11,13-14,18H,6-10H2,1H3. The number of hydrogen-bond donors (Lipinski definition) is 1. The van der Waals surface area contributed by atoms with E-state index in [0.717, 1.165) is 25.9 Å². The molecule has 1 heterocycles. The smallest absolute Gasteiger partial charge is 0.180 e. The number of ketones is 1. The summed E-state index contributed by atoms with van der Waals surface area (Å²) in [5.41, 5.74) is 0.646. The van der Waals surface area contributed by atoms with Gasteiger partial charge in [0, 0.05) is 19.0 Å². The zero-order chi connectivity index (χ0) is 14.1. The van der Waals surface area contributed by atoms with Crippen LogP contribution in [0.15, 0.2) is 24.3 Å². The van der Waals surface area contributed by atoms with Crippen molar-refractivity contribution in [3.8, 4) is 5.75 Å². The third-order valence-corrected chi connectivity index (χ3v) is 4.67. The van der Waals surface area contributed by atoms with E-state index in [9.17, 15) is 9.90 Å². The van der Waals surface area contributed by atoms with E-state index >= 15 is 0 Å².